The Labute approximate surface area is 194 Å². The van der Waals surface area contributed by atoms with E-state index in [-0.39, 0.29) is 5.91 Å². The second kappa shape index (κ2) is 9.73. The number of halogens is 1. The Balaban J connectivity index is 1.65. The van der Waals surface area contributed by atoms with Crippen LogP contribution in [0.1, 0.15) is 11.1 Å². The lowest BCUT2D eigenvalue weighted by molar-refractivity contribution is -0.116. The Morgan fingerprint density at radius 3 is 2.55 bits per heavy atom. The predicted molar refractivity (Wildman–Crippen MR) is 131 cm³/mol. The van der Waals surface area contributed by atoms with Gasteiger partial charge in [-0.25, -0.2) is 4.98 Å². The van der Waals surface area contributed by atoms with Crippen molar-refractivity contribution < 1.29 is 9.53 Å². The summed E-state index contributed by atoms with van der Waals surface area (Å²) in [5.74, 6) is 1.02. The largest absolute Gasteiger partial charge is 0.494 e. The van der Waals surface area contributed by atoms with Crippen molar-refractivity contribution in [2.45, 2.75) is 18.4 Å². The van der Waals surface area contributed by atoms with Crippen LogP contribution in [0.3, 0.4) is 0 Å². The molecule has 4 aromatic rings. The molecule has 0 N–H and O–H groups in total. The number of hydrogen-bond acceptors (Lipinski definition) is 5. The number of hydrogen-bond donors (Lipinski definition) is 0. The smallest absolute Gasteiger partial charge is 0.239 e. The molecule has 1 amide bonds. The van der Waals surface area contributed by atoms with Crippen molar-refractivity contribution in [3.8, 4) is 5.75 Å². The first-order chi connectivity index (χ1) is 15.0. The van der Waals surface area contributed by atoms with Gasteiger partial charge in [-0.05, 0) is 48.4 Å². The molecular weight excluding hydrogens is 448 g/mol. The van der Waals surface area contributed by atoms with E-state index in [2.05, 4.69) is 0 Å². The number of rotatable bonds is 7. The fourth-order valence-corrected chi connectivity index (χ4v) is 5.13. The lowest BCUT2D eigenvalue weighted by Gasteiger charge is -2.20. The van der Waals surface area contributed by atoms with Gasteiger partial charge in [0.05, 0.1) is 24.1 Å². The number of carbonyl (C=O) groups excluding carboxylic acids is 1. The van der Waals surface area contributed by atoms with Gasteiger partial charge in [-0.15, -0.1) is 11.8 Å². The quantitative estimate of drug-likeness (QED) is 0.287. The minimum absolute atomic E-state index is 0.000482. The lowest BCUT2D eigenvalue weighted by Crippen LogP contribution is -2.31. The summed E-state index contributed by atoms with van der Waals surface area (Å²) in [4.78, 5) is 20.9. The fraction of sp³-hybridized carbons (Fsp3) is 0.167. The number of thiazole rings is 1. The van der Waals surface area contributed by atoms with Crippen molar-refractivity contribution in [3.05, 3.63) is 82.9 Å². The van der Waals surface area contributed by atoms with Crippen LogP contribution in [0.25, 0.3) is 10.2 Å². The predicted octanol–water partition coefficient (Wildman–Crippen LogP) is 6.59. The molecule has 31 heavy (non-hydrogen) atoms. The van der Waals surface area contributed by atoms with Crippen LogP contribution in [0.15, 0.2) is 71.6 Å². The number of thioether (sulfide) groups is 1. The summed E-state index contributed by atoms with van der Waals surface area (Å²) in [5.41, 5.74) is 2.95. The van der Waals surface area contributed by atoms with Crippen LogP contribution in [0, 0.1) is 6.92 Å². The molecule has 1 heterocycles. The molecule has 4 nitrogen and oxygen atoms in total. The number of fused-ring (bicyclic) bond motifs is 1. The number of carbonyl (C=O) groups is 1. The van der Waals surface area contributed by atoms with Gasteiger partial charge < -0.3 is 4.74 Å². The number of methoxy groups -OCH3 is 1. The molecular formula is C24H21ClN2O2S2. The number of aromatic nitrogens is 1. The van der Waals surface area contributed by atoms with Crippen molar-refractivity contribution in [2.24, 2.45) is 0 Å². The highest BCUT2D eigenvalue weighted by Crippen LogP contribution is 2.37. The Kier molecular flexibility index (Phi) is 6.80. The minimum atomic E-state index is -0.000482. The van der Waals surface area contributed by atoms with Crippen LogP contribution >= 0.6 is 34.7 Å². The van der Waals surface area contributed by atoms with E-state index in [0.717, 1.165) is 26.2 Å². The number of benzene rings is 3. The van der Waals surface area contributed by atoms with Gasteiger partial charge in [0.25, 0.3) is 0 Å². The van der Waals surface area contributed by atoms with Gasteiger partial charge in [0.15, 0.2) is 5.13 Å². The van der Waals surface area contributed by atoms with Gasteiger partial charge in [-0.2, -0.15) is 0 Å². The van der Waals surface area contributed by atoms with Crippen LogP contribution in [-0.2, 0) is 11.3 Å². The van der Waals surface area contributed by atoms with Gasteiger partial charge >= 0.3 is 0 Å². The zero-order valence-electron chi connectivity index (χ0n) is 17.2. The van der Waals surface area contributed by atoms with Gasteiger partial charge in [-0.1, -0.05) is 59.3 Å². The van der Waals surface area contributed by atoms with Crippen LogP contribution < -0.4 is 9.64 Å². The summed E-state index contributed by atoms with van der Waals surface area (Å²) in [7, 11) is 1.64. The van der Waals surface area contributed by atoms with Crippen molar-refractivity contribution in [1.29, 1.82) is 0 Å². The van der Waals surface area contributed by atoms with Crippen LogP contribution in [-0.4, -0.2) is 23.8 Å². The summed E-state index contributed by atoms with van der Waals surface area (Å²) in [6.07, 6.45) is 0. The maximum absolute atomic E-state index is 13.3. The van der Waals surface area contributed by atoms with Crippen LogP contribution in [0.5, 0.6) is 5.75 Å². The molecule has 0 aliphatic heterocycles. The first-order valence-corrected chi connectivity index (χ1v) is 11.9. The third-order valence-electron chi connectivity index (χ3n) is 4.80. The standard InChI is InChI=1S/C24H21ClN2O2S2/c1-16-8-13-20(29-2)22-23(16)31-24(26-22)27(14-17-6-4-3-5-7-17)21(28)15-30-19-11-9-18(25)10-12-19/h3-13H,14-15H2,1-2H3. The number of aryl methyl sites for hydroxylation is 1. The Hall–Kier alpha value is -2.54. The zero-order valence-corrected chi connectivity index (χ0v) is 19.6. The van der Waals surface area contributed by atoms with Crippen molar-refractivity contribution >= 4 is 56.0 Å². The van der Waals surface area contributed by atoms with E-state index in [0.29, 0.717) is 28.2 Å². The summed E-state index contributed by atoms with van der Waals surface area (Å²) in [6.45, 7) is 2.51. The van der Waals surface area contributed by atoms with Gasteiger partial charge in [0.2, 0.25) is 5.91 Å². The molecule has 1 aromatic heterocycles. The summed E-state index contributed by atoms with van der Waals surface area (Å²) >= 11 is 8.98. The summed E-state index contributed by atoms with van der Waals surface area (Å²) in [6, 6.07) is 21.4. The monoisotopic (exact) mass is 468 g/mol. The summed E-state index contributed by atoms with van der Waals surface area (Å²) in [5, 5.41) is 1.35. The molecule has 0 bridgehead atoms. The molecule has 4 rings (SSSR count). The Bertz CT molecular complexity index is 1190. The SMILES string of the molecule is COc1ccc(C)c2sc(N(Cc3ccccc3)C(=O)CSc3ccc(Cl)cc3)nc12. The molecule has 0 radical (unpaired) electrons. The van der Waals surface area contributed by atoms with Crippen molar-refractivity contribution in [1.82, 2.24) is 4.98 Å². The highest BCUT2D eigenvalue weighted by atomic mass is 35.5. The molecule has 0 aliphatic carbocycles. The van der Waals surface area contributed by atoms with Gasteiger partial charge in [-0.3, -0.25) is 9.69 Å². The highest BCUT2D eigenvalue weighted by Gasteiger charge is 2.22. The molecule has 158 valence electrons. The maximum Gasteiger partial charge on any atom is 0.239 e. The number of amides is 1. The number of anilines is 1. The fourth-order valence-electron chi connectivity index (χ4n) is 3.16. The van der Waals surface area contributed by atoms with Crippen molar-refractivity contribution in [2.75, 3.05) is 17.8 Å². The van der Waals surface area contributed by atoms with Crippen molar-refractivity contribution in [3.63, 3.8) is 0 Å². The second-order valence-electron chi connectivity index (χ2n) is 6.97. The van der Waals surface area contributed by atoms with E-state index in [9.17, 15) is 4.79 Å². The zero-order chi connectivity index (χ0) is 21.8. The third kappa shape index (κ3) is 5.03. The van der Waals surface area contributed by atoms with E-state index in [1.165, 1.54) is 23.1 Å². The number of ether oxygens (including phenoxy) is 1. The summed E-state index contributed by atoms with van der Waals surface area (Å²) < 4.78 is 6.53. The average Bonchev–Trinajstić information content (AvgIpc) is 3.24. The Morgan fingerprint density at radius 1 is 1.10 bits per heavy atom. The molecule has 3 aromatic carbocycles. The molecule has 0 unspecified atom stereocenters. The van der Waals surface area contributed by atoms with Crippen LogP contribution in [0.4, 0.5) is 5.13 Å². The van der Waals surface area contributed by atoms with E-state index < -0.39 is 0 Å². The lowest BCUT2D eigenvalue weighted by atomic mass is 10.2. The molecule has 0 aliphatic rings. The van der Waals surface area contributed by atoms with E-state index >= 15 is 0 Å². The Morgan fingerprint density at radius 2 is 1.84 bits per heavy atom. The van der Waals surface area contributed by atoms with E-state index in [1.54, 1.807) is 12.0 Å². The first kappa shape index (κ1) is 21.7. The average molecular weight is 469 g/mol. The number of nitrogens with zero attached hydrogens (tertiary/aromatic N) is 2. The second-order valence-corrected chi connectivity index (χ2v) is 9.43. The van der Waals surface area contributed by atoms with E-state index in [1.807, 2.05) is 73.7 Å². The third-order valence-corrected chi connectivity index (χ3v) is 7.27. The molecule has 0 atom stereocenters. The normalized spacial score (nSPS) is 10.9. The minimum Gasteiger partial charge on any atom is -0.494 e. The molecule has 0 saturated carbocycles. The molecule has 7 heteroatoms. The molecule has 0 fully saturated rings. The topological polar surface area (TPSA) is 42.4 Å². The van der Waals surface area contributed by atoms with Crippen LogP contribution in [0.2, 0.25) is 5.02 Å². The van der Waals surface area contributed by atoms with Gasteiger partial charge in [0, 0.05) is 9.92 Å². The maximum atomic E-state index is 13.3. The molecule has 0 saturated heterocycles. The van der Waals surface area contributed by atoms with E-state index in [4.69, 9.17) is 21.3 Å². The molecule has 0 spiro atoms. The first-order valence-electron chi connectivity index (χ1n) is 9.72. The van der Waals surface area contributed by atoms with Gasteiger partial charge in [0.1, 0.15) is 11.3 Å². The highest BCUT2D eigenvalue weighted by molar-refractivity contribution is 8.00.